The molecule has 0 aliphatic rings. The molecule has 1 aromatic carbocycles. The lowest BCUT2D eigenvalue weighted by molar-refractivity contribution is 0.0945. The fourth-order valence-corrected chi connectivity index (χ4v) is 2.03. The number of benzene rings is 1. The molecule has 0 aliphatic carbocycles. The Kier molecular flexibility index (Phi) is 6.87. The standard InChI is InChI=1S/C14H17BrN4O.ClH/c1-10(16-2)9-17-14(20)13-6-7-19(18-13)12-5-3-4-11(15)8-12;/h3-8,10,16H,9H2,1-2H3,(H,17,20);1H. The largest absolute Gasteiger partial charge is 0.349 e. The maximum absolute atomic E-state index is 12.0. The van der Waals surface area contributed by atoms with Crippen molar-refractivity contribution in [2.75, 3.05) is 13.6 Å². The van der Waals surface area contributed by atoms with Crippen LogP contribution in [0.15, 0.2) is 41.0 Å². The van der Waals surface area contributed by atoms with Crippen LogP contribution in [0.25, 0.3) is 5.69 Å². The molecule has 1 amide bonds. The van der Waals surface area contributed by atoms with Gasteiger partial charge in [-0.3, -0.25) is 4.79 Å². The molecule has 0 spiro atoms. The molecule has 2 aromatic rings. The first kappa shape index (κ1) is 17.7. The molecule has 2 N–H and O–H groups in total. The van der Waals surface area contributed by atoms with E-state index in [0.717, 1.165) is 10.2 Å². The minimum atomic E-state index is -0.166. The summed E-state index contributed by atoms with van der Waals surface area (Å²) in [5.74, 6) is -0.166. The average molecular weight is 374 g/mol. The van der Waals surface area contributed by atoms with Crippen LogP contribution in [-0.2, 0) is 0 Å². The number of nitrogens with one attached hydrogen (secondary N) is 2. The number of nitrogens with zero attached hydrogens (tertiary/aromatic N) is 2. The smallest absolute Gasteiger partial charge is 0.271 e. The van der Waals surface area contributed by atoms with E-state index >= 15 is 0 Å². The molecular formula is C14H18BrClN4O. The van der Waals surface area contributed by atoms with Gasteiger partial charge in [0.05, 0.1) is 5.69 Å². The van der Waals surface area contributed by atoms with Crippen molar-refractivity contribution in [3.63, 3.8) is 0 Å². The van der Waals surface area contributed by atoms with Crippen molar-refractivity contribution in [3.05, 3.63) is 46.7 Å². The van der Waals surface area contributed by atoms with Crippen molar-refractivity contribution < 1.29 is 4.79 Å². The van der Waals surface area contributed by atoms with Gasteiger partial charge >= 0.3 is 0 Å². The SMILES string of the molecule is CNC(C)CNC(=O)c1ccn(-c2cccc(Br)c2)n1.Cl. The molecule has 1 unspecified atom stereocenters. The van der Waals surface area contributed by atoms with E-state index in [0.29, 0.717) is 12.2 Å². The second-order valence-corrected chi connectivity index (χ2v) is 5.44. The van der Waals surface area contributed by atoms with Gasteiger partial charge in [0, 0.05) is 23.3 Å². The quantitative estimate of drug-likeness (QED) is 0.846. The normalized spacial score (nSPS) is 11.6. The first-order valence-electron chi connectivity index (χ1n) is 6.37. The molecule has 1 atom stereocenters. The fourth-order valence-electron chi connectivity index (χ4n) is 1.65. The number of hydrogen-bond acceptors (Lipinski definition) is 3. The minimum Gasteiger partial charge on any atom is -0.349 e. The van der Waals surface area contributed by atoms with E-state index in [1.807, 2.05) is 38.2 Å². The van der Waals surface area contributed by atoms with Crippen molar-refractivity contribution in [2.24, 2.45) is 0 Å². The Labute approximate surface area is 138 Å². The van der Waals surface area contributed by atoms with Crippen LogP contribution in [0.3, 0.4) is 0 Å². The molecule has 114 valence electrons. The summed E-state index contributed by atoms with van der Waals surface area (Å²) < 4.78 is 2.65. The highest BCUT2D eigenvalue weighted by molar-refractivity contribution is 9.10. The van der Waals surface area contributed by atoms with Gasteiger partial charge in [0.15, 0.2) is 5.69 Å². The number of hydrogen-bond donors (Lipinski definition) is 2. The van der Waals surface area contributed by atoms with E-state index < -0.39 is 0 Å². The summed E-state index contributed by atoms with van der Waals surface area (Å²) >= 11 is 3.42. The van der Waals surface area contributed by atoms with Crippen molar-refractivity contribution in [1.29, 1.82) is 0 Å². The van der Waals surface area contributed by atoms with Crippen LogP contribution in [0.5, 0.6) is 0 Å². The summed E-state index contributed by atoms with van der Waals surface area (Å²) in [6.07, 6.45) is 1.78. The zero-order valence-electron chi connectivity index (χ0n) is 11.8. The van der Waals surface area contributed by atoms with Crippen LogP contribution >= 0.6 is 28.3 Å². The average Bonchev–Trinajstić information content (AvgIpc) is 2.94. The summed E-state index contributed by atoms with van der Waals surface area (Å²) in [5.41, 5.74) is 1.32. The van der Waals surface area contributed by atoms with Crippen LogP contribution in [0.2, 0.25) is 0 Å². The van der Waals surface area contributed by atoms with Crippen molar-refractivity contribution in [2.45, 2.75) is 13.0 Å². The lowest BCUT2D eigenvalue weighted by Crippen LogP contribution is -2.37. The first-order valence-corrected chi connectivity index (χ1v) is 7.16. The highest BCUT2D eigenvalue weighted by Crippen LogP contribution is 2.15. The van der Waals surface area contributed by atoms with Crippen molar-refractivity contribution in [3.8, 4) is 5.69 Å². The maximum Gasteiger partial charge on any atom is 0.271 e. The molecule has 1 aromatic heterocycles. The Balaban J connectivity index is 0.00000220. The van der Waals surface area contributed by atoms with E-state index in [4.69, 9.17) is 0 Å². The minimum absolute atomic E-state index is 0. The molecule has 0 saturated carbocycles. The van der Waals surface area contributed by atoms with E-state index in [-0.39, 0.29) is 24.4 Å². The molecule has 0 aliphatic heterocycles. The molecule has 7 heteroatoms. The van der Waals surface area contributed by atoms with E-state index in [2.05, 4.69) is 31.7 Å². The summed E-state index contributed by atoms with van der Waals surface area (Å²) in [6, 6.07) is 9.68. The highest BCUT2D eigenvalue weighted by atomic mass is 79.9. The Morgan fingerprint density at radius 2 is 2.19 bits per heavy atom. The van der Waals surface area contributed by atoms with Crippen LogP contribution < -0.4 is 10.6 Å². The Hall–Kier alpha value is -1.37. The number of carbonyl (C=O) groups excluding carboxylic acids is 1. The molecule has 0 saturated heterocycles. The highest BCUT2D eigenvalue weighted by Gasteiger charge is 2.10. The molecule has 5 nitrogen and oxygen atoms in total. The lowest BCUT2D eigenvalue weighted by Gasteiger charge is -2.10. The zero-order valence-corrected chi connectivity index (χ0v) is 14.2. The molecule has 1 heterocycles. The molecule has 0 radical (unpaired) electrons. The third-order valence-electron chi connectivity index (χ3n) is 2.96. The molecule has 0 bridgehead atoms. The number of halogens is 2. The van der Waals surface area contributed by atoms with Gasteiger partial charge in [0.25, 0.3) is 5.91 Å². The van der Waals surface area contributed by atoms with Gasteiger partial charge in [0.2, 0.25) is 0 Å². The van der Waals surface area contributed by atoms with Gasteiger partial charge in [-0.25, -0.2) is 4.68 Å². The van der Waals surface area contributed by atoms with Gasteiger partial charge in [-0.05, 0) is 38.2 Å². The third-order valence-corrected chi connectivity index (χ3v) is 3.45. The van der Waals surface area contributed by atoms with Crippen molar-refractivity contribution in [1.82, 2.24) is 20.4 Å². The van der Waals surface area contributed by atoms with Crippen LogP contribution in [0.1, 0.15) is 17.4 Å². The maximum atomic E-state index is 12.0. The summed E-state index contributed by atoms with van der Waals surface area (Å²) in [7, 11) is 1.86. The predicted octanol–water partition coefficient (Wildman–Crippen LogP) is 2.39. The molecule has 21 heavy (non-hydrogen) atoms. The van der Waals surface area contributed by atoms with Gasteiger partial charge in [-0.15, -0.1) is 12.4 Å². The topological polar surface area (TPSA) is 58.9 Å². The summed E-state index contributed by atoms with van der Waals surface area (Å²) in [5, 5.41) is 10.2. The third kappa shape index (κ3) is 4.84. The van der Waals surface area contributed by atoms with E-state index in [9.17, 15) is 4.79 Å². The molecular weight excluding hydrogens is 356 g/mol. The monoisotopic (exact) mass is 372 g/mol. The Morgan fingerprint density at radius 3 is 2.86 bits per heavy atom. The van der Waals surface area contributed by atoms with Crippen LogP contribution in [-0.4, -0.2) is 35.3 Å². The fraction of sp³-hybridized carbons (Fsp3) is 0.286. The van der Waals surface area contributed by atoms with E-state index in [1.54, 1.807) is 16.9 Å². The zero-order chi connectivity index (χ0) is 14.5. The molecule has 2 rings (SSSR count). The number of aromatic nitrogens is 2. The van der Waals surface area contributed by atoms with Gasteiger partial charge in [0.1, 0.15) is 0 Å². The second kappa shape index (κ2) is 8.17. The number of rotatable bonds is 5. The van der Waals surface area contributed by atoms with Crippen molar-refractivity contribution >= 4 is 34.2 Å². The first-order chi connectivity index (χ1) is 9.60. The molecule has 0 fully saturated rings. The van der Waals surface area contributed by atoms with Crippen LogP contribution in [0, 0.1) is 0 Å². The summed E-state index contributed by atoms with van der Waals surface area (Å²) in [6.45, 7) is 2.57. The van der Waals surface area contributed by atoms with E-state index in [1.165, 1.54) is 0 Å². The van der Waals surface area contributed by atoms with Gasteiger partial charge in [-0.1, -0.05) is 22.0 Å². The summed E-state index contributed by atoms with van der Waals surface area (Å²) in [4.78, 5) is 12.0. The lowest BCUT2D eigenvalue weighted by atomic mass is 10.3. The van der Waals surface area contributed by atoms with Crippen LogP contribution in [0.4, 0.5) is 0 Å². The number of likely N-dealkylation sites (N-methyl/N-ethyl adjacent to an activating group) is 1. The number of amides is 1. The van der Waals surface area contributed by atoms with Gasteiger partial charge in [-0.2, -0.15) is 5.10 Å². The Morgan fingerprint density at radius 1 is 1.43 bits per heavy atom. The Bertz CT molecular complexity index is 602. The predicted molar refractivity (Wildman–Crippen MR) is 89.4 cm³/mol. The van der Waals surface area contributed by atoms with Gasteiger partial charge < -0.3 is 10.6 Å². The second-order valence-electron chi connectivity index (χ2n) is 4.53. The number of carbonyl (C=O) groups is 1.